The predicted molar refractivity (Wildman–Crippen MR) is 194 cm³/mol. The lowest BCUT2D eigenvalue weighted by Crippen LogP contribution is -2.57. The summed E-state index contributed by atoms with van der Waals surface area (Å²) in [5, 5.41) is 0.382. The van der Waals surface area contributed by atoms with Crippen molar-refractivity contribution in [1.82, 2.24) is 0 Å². The van der Waals surface area contributed by atoms with Gasteiger partial charge in [0.2, 0.25) is 0 Å². The monoisotopic (exact) mass is 656 g/mol. The fourth-order valence-electron chi connectivity index (χ4n) is 8.75. The summed E-state index contributed by atoms with van der Waals surface area (Å²) in [5.41, 5.74) is 5.04. The van der Waals surface area contributed by atoms with E-state index < -0.39 is 16.6 Å². The van der Waals surface area contributed by atoms with Crippen LogP contribution in [0.3, 0.4) is 0 Å². The minimum absolute atomic E-state index is 0.0647. The molecular formula is C39H68O4Si2. The van der Waals surface area contributed by atoms with Crippen molar-refractivity contribution in [3.63, 3.8) is 0 Å². The highest BCUT2D eigenvalue weighted by molar-refractivity contribution is 6.74. The van der Waals surface area contributed by atoms with E-state index in [0.717, 1.165) is 38.5 Å². The minimum Gasteiger partial charge on any atom is -0.466 e. The number of rotatable bonds is 10. The second-order valence-corrected chi connectivity index (χ2v) is 28.1. The first-order valence-corrected chi connectivity index (χ1v) is 24.0. The number of esters is 1. The molecule has 4 aliphatic rings. The van der Waals surface area contributed by atoms with Crippen molar-refractivity contribution >= 4 is 22.6 Å². The third kappa shape index (κ3) is 7.10. The third-order valence-corrected chi connectivity index (χ3v) is 22.5. The molecule has 4 aliphatic carbocycles. The van der Waals surface area contributed by atoms with Crippen molar-refractivity contribution in [1.29, 1.82) is 0 Å². The van der Waals surface area contributed by atoms with Gasteiger partial charge in [-0.05, 0) is 111 Å². The zero-order valence-electron chi connectivity index (χ0n) is 31.6. The van der Waals surface area contributed by atoms with E-state index in [4.69, 9.17) is 13.6 Å². The van der Waals surface area contributed by atoms with Gasteiger partial charge in [0, 0.05) is 18.4 Å². The largest absolute Gasteiger partial charge is 0.466 e. The molecule has 0 aromatic heterocycles. The van der Waals surface area contributed by atoms with Crippen molar-refractivity contribution in [3.05, 3.63) is 34.9 Å². The quantitative estimate of drug-likeness (QED) is 0.133. The van der Waals surface area contributed by atoms with E-state index in [2.05, 4.69) is 107 Å². The van der Waals surface area contributed by atoms with E-state index in [9.17, 15) is 4.79 Å². The van der Waals surface area contributed by atoms with E-state index in [0.29, 0.717) is 36.9 Å². The molecule has 4 nitrogen and oxygen atoms in total. The van der Waals surface area contributed by atoms with Crippen LogP contribution in [-0.2, 0) is 18.4 Å². The van der Waals surface area contributed by atoms with Gasteiger partial charge in [0.05, 0.1) is 12.7 Å². The van der Waals surface area contributed by atoms with Crippen LogP contribution >= 0.6 is 0 Å². The van der Waals surface area contributed by atoms with Gasteiger partial charge in [0.15, 0.2) is 16.6 Å². The molecule has 0 aliphatic heterocycles. The summed E-state index contributed by atoms with van der Waals surface area (Å²) < 4.78 is 19.8. The first-order chi connectivity index (χ1) is 20.6. The number of allylic oxidation sites excluding steroid dienone is 4. The molecule has 256 valence electrons. The summed E-state index contributed by atoms with van der Waals surface area (Å²) in [4.78, 5) is 12.1. The maximum absolute atomic E-state index is 12.1. The van der Waals surface area contributed by atoms with E-state index in [1.165, 1.54) is 6.42 Å². The van der Waals surface area contributed by atoms with Crippen molar-refractivity contribution in [2.75, 3.05) is 6.61 Å². The number of hydrogen-bond acceptors (Lipinski definition) is 4. The standard InChI is InChI=1S/C39H68O4Si2/c1-15-41-34(40)18-16-17-27(2)31-21-22-32-30-20-19-28-25-29(42-44(11,12)36(3,4)5)23-24-38(28,9)35(30)33(26-39(31,32)10)43-45(13,14)37(6,7)8/h19-21,27,29,32-33,35H,15-18,22-26H2,1-14H3/t27-,29+,32+,33?,35-,38+,39-/m1/s1. The minimum atomic E-state index is -2.03. The summed E-state index contributed by atoms with van der Waals surface area (Å²) in [7, 11) is -3.86. The van der Waals surface area contributed by atoms with Crippen LogP contribution in [-0.4, -0.2) is 41.4 Å². The van der Waals surface area contributed by atoms with Gasteiger partial charge < -0.3 is 13.6 Å². The average molecular weight is 657 g/mol. The summed E-state index contributed by atoms with van der Waals surface area (Å²) in [6, 6.07) is 0. The molecule has 7 atom stereocenters. The molecule has 0 spiro atoms. The van der Waals surface area contributed by atoms with Crippen LogP contribution in [0.15, 0.2) is 34.9 Å². The van der Waals surface area contributed by atoms with Crippen LogP contribution in [0, 0.1) is 28.6 Å². The van der Waals surface area contributed by atoms with Gasteiger partial charge in [-0.2, -0.15) is 0 Å². The smallest absolute Gasteiger partial charge is 0.305 e. The van der Waals surface area contributed by atoms with Gasteiger partial charge in [-0.1, -0.05) is 97.3 Å². The molecule has 4 rings (SSSR count). The molecule has 0 heterocycles. The molecule has 1 unspecified atom stereocenters. The Kier molecular flexibility index (Phi) is 10.5. The molecule has 0 amide bonds. The summed E-state index contributed by atoms with van der Waals surface area (Å²) in [6.07, 6.45) is 16.2. The molecule has 45 heavy (non-hydrogen) atoms. The van der Waals surface area contributed by atoms with Crippen molar-refractivity contribution in [2.24, 2.45) is 28.6 Å². The second kappa shape index (κ2) is 12.8. The number of carbonyl (C=O) groups is 1. The SMILES string of the molecule is CCOC(=O)CCC[C@@H](C)C1=CC[C@H]2C3=CC=C4C[C@@H](O[Si](C)(C)C(C)(C)C)CC[C@]4(C)[C@H]3C(O[Si](C)(C)C(C)(C)C)C[C@]12C. The second-order valence-electron chi connectivity index (χ2n) is 18.6. The number of ether oxygens (including phenoxy) is 1. The van der Waals surface area contributed by atoms with Gasteiger partial charge in [0.25, 0.3) is 0 Å². The van der Waals surface area contributed by atoms with E-state index in [1.54, 1.807) is 16.7 Å². The maximum atomic E-state index is 12.1. The van der Waals surface area contributed by atoms with Crippen LogP contribution in [0.25, 0.3) is 0 Å². The Bertz CT molecular complexity index is 1200. The lowest BCUT2D eigenvalue weighted by Gasteiger charge is -2.59. The highest BCUT2D eigenvalue weighted by Crippen LogP contribution is 2.66. The zero-order valence-corrected chi connectivity index (χ0v) is 33.6. The molecule has 6 heteroatoms. The Morgan fingerprint density at radius 3 is 2.20 bits per heavy atom. The van der Waals surface area contributed by atoms with Gasteiger partial charge in [-0.25, -0.2) is 0 Å². The first-order valence-electron chi connectivity index (χ1n) is 18.2. The molecular weight excluding hydrogens is 589 g/mol. The summed E-state index contributed by atoms with van der Waals surface area (Å²) in [6.45, 7) is 33.8. The van der Waals surface area contributed by atoms with Gasteiger partial charge in [0.1, 0.15) is 0 Å². The Labute approximate surface area is 279 Å². The Morgan fingerprint density at radius 2 is 1.60 bits per heavy atom. The predicted octanol–water partition coefficient (Wildman–Crippen LogP) is 11.2. The highest BCUT2D eigenvalue weighted by atomic mass is 28.4. The lowest BCUT2D eigenvalue weighted by molar-refractivity contribution is -0.143. The summed E-state index contributed by atoms with van der Waals surface area (Å²) in [5.74, 6) is 1.34. The van der Waals surface area contributed by atoms with Crippen LogP contribution in [0.4, 0.5) is 0 Å². The number of carbonyl (C=O) groups excluding carboxylic acids is 1. The van der Waals surface area contributed by atoms with Gasteiger partial charge in [-0.15, -0.1) is 0 Å². The van der Waals surface area contributed by atoms with Crippen molar-refractivity contribution < 1.29 is 18.4 Å². The lowest BCUT2D eigenvalue weighted by atomic mass is 9.49. The molecule has 2 fully saturated rings. The Morgan fingerprint density at radius 1 is 0.978 bits per heavy atom. The zero-order chi connectivity index (χ0) is 33.8. The normalized spacial score (nSPS) is 32.9. The van der Waals surface area contributed by atoms with Crippen molar-refractivity contribution in [3.8, 4) is 0 Å². The van der Waals surface area contributed by atoms with Crippen LogP contribution in [0.2, 0.25) is 36.3 Å². The first kappa shape index (κ1) is 36.9. The fraction of sp³-hybridized carbons (Fsp3) is 0.821. The molecule has 0 N–H and O–H groups in total. The Balaban J connectivity index is 1.66. The van der Waals surface area contributed by atoms with Crippen molar-refractivity contribution in [2.45, 2.75) is 169 Å². The van der Waals surface area contributed by atoms with Gasteiger partial charge in [-0.3, -0.25) is 4.79 Å². The van der Waals surface area contributed by atoms with E-state index in [1.807, 2.05) is 6.92 Å². The van der Waals surface area contributed by atoms with E-state index in [-0.39, 0.29) is 33.0 Å². The van der Waals surface area contributed by atoms with Gasteiger partial charge >= 0.3 is 5.97 Å². The number of hydrogen-bond donors (Lipinski definition) is 0. The fourth-order valence-corrected chi connectivity index (χ4v) is 11.5. The number of fused-ring (bicyclic) bond motifs is 5. The maximum Gasteiger partial charge on any atom is 0.305 e. The summed E-state index contributed by atoms with van der Waals surface area (Å²) >= 11 is 0. The third-order valence-electron chi connectivity index (χ3n) is 13.5. The van der Waals surface area contributed by atoms with Crippen LogP contribution in [0.1, 0.15) is 121 Å². The molecule has 0 aromatic rings. The topological polar surface area (TPSA) is 44.8 Å². The molecule has 0 aromatic carbocycles. The van der Waals surface area contributed by atoms with Crippen LogP contribution < -0.4 is 0 Å². The average Bonchev–Trinajstić information content (AvgIpc) is 3.23. The van der Waals surface area contributed by atoms with Crippen LogP contribution in [0.5, 0.6) is 0 Å². The molecule has 0 bridgehead atoms. The highest BCUT2D eigenvalue weighted by Gasteiger charge is 2.60. The molecule has 0 saturated heterocycles. The Hall–Kier alpha value is -0.956. The van der Waals surface area contributed by atoms with E-state index >= 15 is 0 Å². The molecule has 2 saturated carbocycles. The molecule has 0 radical (unpaired) electrons.